The van der Waals surface area contributed by atoms with Crippen molar-refractivity contribution in [3.63, 3.8) is 0 Å². The van der Waals surface area contributed by atoms with Crippen molar-refractivity contribution in [3.8, 4) is 0 Å². The van der Waals surface area contributed by atoms with Crippen molar-refractivity contribution in [3.05, 3.63) is 29.8 Å². The average Bonchev–Trinajstić information content (AvgIpc) is 2.40. The lowest BCUT2D eigenvalue weighted by Crippen LogP contribution is -2.37. The number of nitrogens with one attached hydrogen (secondary N) is 1. The second-order valence-electron chi connectivity index (χ2n) is 4.42. The minimum absolute atomic E-state index is 0.0485. The van der Waals surface area contributed by atoms with Gasteiger partial charge in [0.05, 0.1) is 6.61 Å². The third kappa shape index (κ3) is 4.89. The minimum Gasteiger partial charge on any atom is -0.383 e. The third-order valence-corrected chi connectivity index (χ3v) is 2.90. The van der Waals surface area contributed by atoms with Gasteiger partial charge in [0.25, 0.3) is 0 Å². The molecule has 1 rings (SSSR count). The van der Waals surface area contributed by atoms with Crippen molar-refractivity contribution < 1.29 is 9.53 Å². The van der Waals surface area contributed by atoms with E-state index in [-0.39, 0.29) is 12.1 Å². The molecule has 0 heterocycles. The summed E-state index contributed by atoms with van der Waals surface area (Å²) in [6.07, 6.45) is 0. The molecule has 2 amide bonds. The number of benzene rings is 1. The molecule has 1 unspecified atom stereocenters. The van der Waals surface area contributed by atoms with Crippen molar-refractivity contribution in [1.82, 2.24) is 4.90 Å². The number of methoxy groups -OCH3 is 1. The van der Waals surface area contributed by atoms with Gasteiger partial charge in [-0.25, -0.2) is 4.79 Å². The highest BCUT2D eigenvalue weighted by atomic mass is 16.5. The molecule has 5 heteroatoms. The first-order chi connectivity index (χ1) is 9.08. The van der Waals surface area contributed by atoms with Crippen LogP contribution in [0, 0.1) is 0 Å². The van der Waals surface area contributed by atoms with Gasteiger partial charge in [-0.2, -0.15) is 0 Å². The molecule has 19 heavy (non-hydrogen) atoms. The standard InChI is InChI=1S/C14H23N3O2/c1-4-17(8-9-19-3)14(18)16-13-7-5-6-12(10-13)11(2)15/h5-7,10-11H,4,8-9,15H2,1-3H3,(H,16,18). The Kier molecular flexibility index (Phi) is 6.32. The molecule has 0 spiro atoms. The number of hydrogen-bond donors (Lipinski definition) is 2. The lowest BCUT2D eigenvalue weighted by atomic mass is 10.1. The molecule has 0 bridgehead atoms. The number of urea groups is 1. The van der Waals surface area contributed by atoms with E-state index in [2.05, 4.69) is 5.32 Å². The second kappa shape index (κ2) is 7.76. The zero-order valence-electron chi connectivity index (χ0n) is 11.8. The molecule has 0 aliphatic carbocycles. The monoisotopic (exact) mass is 265 g/mol. The van der Waals surface area contributed by atoms with Crippen molar-refractivity contribution in [2.45, 2.75) is 19.9 Å². The highest BCUT2D eigenvalue weighted by molar-refractivity contribution is 5.89. The summed E-state index contributed by atoms with van der Waals surface area (Å²) in [5.74, 6) is 0. The molecule has 0 saturated heterocycles. The average molecular weight is 265 g/mol. The predicted molar refractivity (Wildman–Crippen MR) is 77.2 cm³/mol. The van der Waals surface area contributed by atoms with Crippen LogP contribution in [-0.2, 0) is 4.74 Å². The number of likely N-dealkylation sites (N-methyl/N-ethyl adjacent to an activating group) is 1. The number of carbonyl (C=O) groups excluding carboxylic acids is 1. The Labute approximate surface area is 114 Å². The van der Waals surface area contributed by atoms with Gasteiger partial charge in [-0.15, -0.1) is 0 Å². The van der Waals surface area contributed by atoms with E-state index in [0.717, 1.165) is 11.3 Å². The normalized spacial score (nSPS) is 12.0. The lowest BCUT2D eigenvalue weighted by Gasteiger charge is -2.21. The number of ether oxygens (including phenoxy) is 1. The molecule has 106 valence electrons. The van der Waals surface area contributed by atoms with Gasteiger partial charge in [0.2, 0.25) is 0 Å². The summed E-state index contributed by atoms with van der Waals surface area (Å²) < 4.78 is 4.99. The van der Waals surface area contributed by atoms with Crippen molar-refractivity contribution in [2.24, 2.45) is 5.73 Å². The van der Waals surface area contributed by atoms with Gasteiger partial charge in [-0.3, -0.25) is 0 Å². The molecular weight excluding hydrogens is 242 g/mol. The van der Waals surface area contributed by atoms with Crippen LogP contribution in [0.15, 0.2) is 24.3 Å². The molecular formula is C14H23N3O2. The van der Waals surface area contributed by atoms with Crippen LogP contribution in [0.1, 0.15) is 25.5 Å². The Morgan fingerprint density at radius 2 is 2.26 bits per heavy atom. The van der Waals surface area contributed by atoms with E-state index in [1.54, 1.807) is 12.0 Å². The van der Waals surface area contributed by atoms with Crippen LogP contribution in [0.3, 0.4) is 0 Å². The van der Waals surface area contributed by atoms with Gasteiger partial charge in [0.1, 0.15) is 0 Å². The van der Waals surface area contributed by atoms with Gasteiger partial charge >= 0.3 is 6.03 Å². The first kappa shape index (κ1) is 15.5. The van der Waals surface area contributed by atoms with Gasteiger partial charge in [0.15, 0.2) is 0 Å². The quantitative estimate of drug-likeness (QED) is 0.828. The van der Waals surface area contributed by atoms with Crippen LogP contribution in [-0.4, -0.2) is 37.7 Å². The molecule has 1 atom stereocenters. The first-order valence-electron chi connectivity index (χ1n) is 6.48. The van der Waals surface area contributed by atoms with Gasteiger partial charge in [-0.1, -0.05) is 12.1 Å². The Morgan fingerprint density at radius 3 is 2.84 bits per heavy atom. The molecule has 0 aliphatic heterocycles. The van der Waals surface area contributed by atoms with E-state index >= 15 is 0 Å². The van der Waals surface area contributed by atoms with Crippen LogP contribution in [0.2, 0.25) is 0 Å². The van der Waals surface area contributed by atoms with E-state index in [0.29, 0.717) is 19.7 Å². The first-order valence-corrected chi connectivity index (χ1v) is 6.48. The topological polar surface area (TPSA) is 67.6 Å². The van der Waals surface area contributed by atoms with Crippen LogP contribution < -0.4 is 11.1 Å². The summed E-state index contributed by atoms with van der Waals surface area (Å²) in [7, 11) is 1.62. The zero-order chi connectivity index (χ0) is 14.3. The summed E-state index contributed by atoms with van der Waals surface area (Å²) in [4.78, 5) is 13.8. The number of rotatable bonds is 6. The molecule has 0 radical (unpaired) electrons. The molecule has 5 nitrogen and oxygen atoms in total. The molecule has 3 N–H and O–H groups in total. The number of nitrogens with zero attached hydrogens (tertiary/aromatic N) is 1. The summed E-state index contributed by atoms with van der Waals surface area (Å²) in [6, 6.07) is 7.41. The van der Waals surface area contributed by atoms with Crippen molar-refractivity contribution in [1.29, 1.82) is 0 Å². The molecule has 0 aromatic heterocycles. The second-order valence-corrected chi connectivity index (χ2v) is 4.42. The SMILES string of the molecule is CCN(CCOC)C(=O)Nc1cccc(C(C)N)c1. The number of amides is 2. The van der Waals surface area contributed by atoms with Gasteiger partial charge in [-0.05, 0) is 31.5 Å². The Bertz CT molecular complexity index is 407. The number of nitrogens with two attached hydrogens (primary N) is 1. The smallest absolute Gasteiger partial charge is 0.321 e. The Hall–Kier alpha value is -1.59. The maximum Gasteiger partial charge on any atom is 0.321 e. The van der Waals surface area contributed by atoms with E-state index in [1.165, 1.54) is 0 Å². The van der Waals surface area contributed by atoms with Crippen LogP contribution in [0.4, 0.5) is 10.5 Å². The summed E-state index contributed by atoms with van der Waals surface area (Å²) in [5, 5.41) is 2.87. The summed E-state index contributed by atoms with van der Waals surface area (Å²) in [6.45, 7) is 5.60. The molecule has 0 aliphatic rings. The van der Waals surface area contributed by atoms with Gasteiger partial charge < -0.3 is 20.7 Å². The number of carbonyl (C=O) groups is 1. The van der Waals surface area contributed by atoms with Crippen LogP contribution >= 0.6 is 0 Å². The van der Waals surface area contributed by atoms with Crippen LogP contribution in [0.5, 0.6) is 0 Å². The van der Waals surface area contributed by atoms with E-state index < -0.39 is 0 Å². The third-order valence-electron chi connectivity index (χ3n) is 2.90. The Balaban J connectivity index is 2.67. The Morgan fingerprint density at radius 1 is 1.53 bits per heavy atom. The fraction of sp³-hybridized carbons (Fsp3) is 0.500. The minimum atomic E-state index is -0.124. The maximum atomic E-state index is 12.1. The van der Waals surface area contributed by atoms with Crippen molar-refractivity contribution >= 4 is 11.7 Å². The fourth-order valence-corrected chi connectivity index (χ4v) is 1.71. The predicted octanol–water partition coefficient (Wildman–Crippen LogP) is 2.21. The highest BCUT2D eigenvalue weighted by Crippen LogP contribution is 2.15. The lowest BCUT2D eigenvalue weighted by molar-refractivity contribution is 0.157. The van der Waals surface area contributed by atoms with E-state index in [4.69, 9.17) is 10.5 Å². The highest BCUT2D eigenvalue weighted by Gasteiger charge is 2.11. The van der Waals surface area contributed by atoms with Crippen LogP contribution in [0.25, 0.3) is 0 Å². The van der Waals surface area contributed by atoms with E-state index in [1.807, 2.05) is 38.1 Å². The van der Waals surface area contributed by atoms with E-state index in [9.17, 15) is 4.79 Å². The maximum absolute atomic E-state index is 12.1. The fourth-order valence-electron chi connectivity index (χ4n) is 1.71. The largest absolute Gasteiger partial charge is 0.383 e. The molecule has 0 fully saturated rings. The van der Waals surface area contributed by atoms with Crippen molar-refractivity contribution in [2.75, 3.05) is 32.1 Å². The number of anilines is 1. The number of hydrogen-bond acceptors (Lipinski definition) is 3. The molecule has 0 saturated carbocycles. The van der Waals surface area contributed by atoms with Gasteiger partial charge in [0, 0.05) is 31.9 Å². The molecule has 1 aromatic carbocycles. The summed E-state index contributed by atoms with van der Waals surface area (Å²) >= 11 is 0. The summed E-state index contributed by atoms with van der Waals surface area (Å²) in [5.41, 5.74) is 7.58. The molecule has 1 aromatic rings. The zero-order valence-corrected chi connectivity index (χ0v) is 11.8.